The van der Waals surface area contributed by atoms with Gasteiger partial charge in [0.1, 0.15) is 18.3 Å². The molecule has 1 aliphatic rings. The minimum absolute atomic E-state index is 0.154. The number of imidazole rings is 1. The first-order valence-electron chi connectivity index (χ1n) is 6.29. The molecule has 21 heavy (non-hydrogen) atoms. The summed E-state index contributed by atoms with van der Waals surface area (Å²) in [5, 5.41) is 28.9. The molecule has 0 saturated carbocycles. The molecule has 0 aliphatic carbocycles. The quantitative estimate of drug-likeness (QED) is 0.363. The van der Waals surface area contributed by atoms with Crippen molar-refractivity contribution in [2.75, 3.05) is 6.61 Å². The maximum Gasteiger partial charge on any atom is 0.384 e. The summed E-state index contributed by atoms with van der Waals surface area (Å²) in [6.45, 7) is -0.461. The molecule has 3 rings (SSSR count). The Morgan fingerprint density at radius 3 is 2.67 bits per heavy atom. The van der Waals surface area contributed by atoms with Crippen LogP contribution in [0.15, 0.2) is 15.9 Å². The Labute approximate surface area is 116 Å². The Bertz CT molecular complexity index is 792. The summed E-state index contributed by atoms with van der Waals surface area (Å²) in [7, 11) is 1.59. The number of aliphatic hydroxyl groups is 3. The van der Waals surface area contributed by atoms with E-state index in [0.717, 1.165) is 0 Å². The van der Waals surface area contributed by atoms with Gasteiger partial charge in [-0.15, -0.1) is 0 Å². The molecule has 0 radical (unpaired) electrons. The van der Waals surface area contributed by atoms with Gasteiger partial charge in [0.15, 0.2) is 6.33 Å². The average molecular weight is 299 g/mol. The lowest BCUT2D eigenvalue weighted by atomic mass is 10.1. The minimum Gasteiger partial charge on any atom is -0.394 e. The number of H-pyrrole nitrogens is 2. The predicted molar refractivity (Wildman–Crippen MR) is 67.4 cm³/mol. The zero-order valence-corrected chi connectivity index (χ0v) is 11.1. The second-order valence-electron chi connectivity index (χ2n) is 4.97. The fourth-order valence-corrected chi connectivity index (χ4v) is 2.59. The Kier molecular flexibility index (Phi) is 3.17. The van der Waals surface area contributed by atoms with Crippen LogP contribution in [0.1, 0.15) is 6.23 Å². The van der Waals surface area contributed by atoms with E-state index >= 15 is 0 Å². The van der Waals surface area contributed by atoms with Crippen molar-refractivity contribution in [2.45, 2.75) is 24.5 Å². The Balaban J connectivity index is 2.18. The van der Waals surface area contributed by atoms with E-state index in [4.69, 9.17) is 9.84 Å². The van der Waals surface area contributed by atoms with Crippen LogP contribution in [0, 0.1) is 0 Å². The number of rotatable bonds is 2. The molecule has 2 aromatic heterocycles. The number of aromatic nitrogens is 4. The second kappa shape index (κ2) is 4.77. The van der Waals surface area contributed by atoms with Crippen LogP contribution in [0.4, 0.5) is 0 Å². The maximum atomic E-state index is 11.8. The number of aromatic amines is 2. The standard InChI is InChI=1S/C11H14N4O6/c1-14-3-15(8-5(14)9(19)13-11(20)12-8)10-7(18)6(17)4(2-16)21-10/h3-4,6-7,10,16-18H,2H2,1H3,(H-,12,13,19,20)/p+1/t4-,6-,7-,10-/m1/s1. The first-order valence-corrected chi connectivity index (χ1v) is 6.29. The first kappa shape index (κ1) is 13.9. The van der Waals surface area contributed by atoms with E-state index in [-0.39, 0.29) is 11.2 Å². The van der Waals surface area contributed by atoms with Crippen LogP contribution in [0.5, 0.6) is 0 Å². The molecule has 10 nitrogen and oxygen atoms in total. The molecular formula is C11H15N4O6+. The minimum atomic E-state index is -1.31. The fourth-order valence-electron chi connectivity index (χ4n) is 2.59. The van der Waals surface area contributed by atoms with Gasteiger partial charge in [-0.2, -0.15) is 0 Å². The van der Waals surface area contributed by atoms with Gasteiger partial charge < -0.3 is 20.1 Å². The van der Waals surface area contributed by atoms with Crippen molar-refractivity contribution in [2.24, 2.45) is 7.05 Å². The van der Waals surface area contributed by atoms with E-state index in [1.54, 1.807) is 7.05 Å². The number of fused-ring (bicyclic) bond motifs is 1. The lowest BCUT2D eigenvalue weighted by Gasteiger charge is -2.12. The Hall–Kier alpha value is -2.01. The number of ether oxygens (including phenoxy) is 1. The summed E-state index contributed by atoms with van der Waals surface area (Å²) in [4.78, 5) is 27.8. The van der Waals surface area contributed by atoms with Crippen molar-refractivity contribution >= 4 is 11.2 Å². The molecule has 0 bridgehead atoms. The number of nitrogens with one attached hydrogen (secondary N) is 2. The van der Waals surface area contributed by atoms with E-state index in [2.05, 4.69) is 9.97 Å². The van der Waals surface area contributed by atoms with Crippen molar-refractivity contribution in [1.29, 1.82) is 0 Å². The van der Waals surface area contributed by atoms with Crippen LogP contribution in [-0.4, -0.2) is 54.8 Å². The third-order valence-electron chi connectivity index (χ3n) is 3.60. The lowest BCUT2D eigenvalue weighted by Crippen LogP contribution is -2.46. The smallest absolute Gasteiger partial charge is 0.384 e. The van der Waals surface area contributed by atoms with Gasteiger partial charge in [0.05, 0.1) is 13.7 Å². The van der Waals surface area contributed by atoms with Gasteiger partial charge in [-0.25, -0.2) is 14.3 Å². The summed E-state index contributed by atoms with van der Waals surface area (Å²) in [6, 6.07) is 0. The van der Waals surface area contributed by atoms with Crippen LogP contribution in [0.3, 0.4) is 0 Å². The molecule has 0 spiro atoms. The van der Waals surface area contributed by atoms with Gasteiger partial charge in [-0.3, -0.25) is 14.3 Å². The number of nitrogens with zero attached hydrogens (tertiary/aromatic N) is 2. The predicted octanol–water partition coefficient (Wildman–Crippen LogP) is -3.55. The molecule has 0 amide bonds. The van der Waals surface area contributed by atoms with Crippen molar-refractivity contribution in [3.63, 3.8) is 0 Å². The molecule has 4 atom stereocenters. The van der Waals surface area contributed by atoms with Crippen molar-refractivity contribution in [1.82, 2.24) is 14.5 Å². The number of hydrogen-bond donors (Lipinski definition) is 5. The average Bonchev–Trinajstić information content (AvgIpc) is 2.89. The lowest BCUT2D eigenvalue weighted by molar-refractivity contribution is -0.746. The van der Waals surface area contributed by atoms with Gasteiger partial charge >= 0.3 is 5.69 Å². The molecule has 1 saturated heterocycles. The third-order valence-corrected chi connectivity index (χ3v) is 3.60. The summed E-state index contributed by atoms with van der Waals surface area (Å²) < 4.78 is 8.19. The molecule has 0 aromatic carbocycles. The van der Waals surface area contributed by atoms with Gasteiger partial charge in [-0.05, 0) is 0 Å². The monoisotopic (exact) mass is 299 g/mol. The Morgan fingerprint density at radius 1 is 1.33 bits per heavy atom. The van der Waals surface area contributed by atoms with E-state index in [0.29, 0.717) is 0 Å². The molecule has 1 aliphatic heterocycles. The number of aliphatic hydroxyl groups excluding tert-OH is 3. The zero-order chi connectivity index (χ0) is 15.3. The molecule has 1 fully saturated rings. The highest BCUT2D eigenvalue weighted by Gasteiger charge is 2.46. The molecule has 5 N–H and O–H groups in total. The topological polar surface area (TPSA) is 144 Å². The van der Waals surface area contributed by atoms with Crippen LogP contribution < -0.4 is 15.8 Å². The maximum absolute atomic E-state index is 11.8. The van der Waals surface area contributed by atoms with Crippen LogP contribution in [0.25, 0.3) is 11.2 Å². The fraction of sp³-hybridized carbons (Fsp3) is 0.545. The van der Waals surface area contributed by atoms with Gasteiger partial charge in [-0.1, -0.05) is 0 Å². The van der Waals surface area contributed by atoms with Crippen molar-refractivity contribution in [3.05, 3.63) is 27.2 Å². The summed E-state index contributed by atoms with van der Waals surface area (Å²) in [5.74, 6) is 0. The van der Waals surface area contributed by atoms with E-state index in [9.17, 15) is 19.8 Å². The van der Waals surface area contributed by atoms with E-state index < -0.39 is 42.4 Å². The van der Waals surface area contributed by atoms with E-state index in [1.807, 2.05) is 0 Å². The highest BCUT2D eigenvalue weighted by Crippen LogP contribution is 2.25. The highest BCUT2D eigenvalue weighted by molar-refractivity contribution is 5.65. The number of hydrogen-bond acceptors (Lipinski definition) is 6. The first-order chi connectivity index (χ1) is 9.93. The van der Waals surface area contributed by atoms with Crippen molar-refractivity contribution in [3.8, 4) is 0 Å². The van der Waals surface area contributed by atoms with Crippen LogP contribution in [0.2, 0.25) is 0 Å². The SMILES string of the molecule is Cn1c[n+]([C@@H]2O[C@H](CO)[C@@H](O)[C@H]2O)c2[nH]c(=O)[nH]c(=O)c21. The normalized spacial score (nSPS) is 29.3. The summed E-state index contributed by atoms with van der Waals surface area (Å²) in [5.41, 5.74) is -0.936. The second-order valence-corrected chi connectivity index (χ2v) is 4.97. The van der Waals surface area contributed by atoms with Crippen LogP contribution in [-0.2, 0) is 11.8 Å². The third kappa shape index (κ3) is 2.00. The molecule has 0 unspecified atom stereocenters. The molecule has 2 aromatic rings. The highest BCUT2D eigenvalue weighted by atomic mass is 16.6. The van der Waals surface area contributed by atoms with Gasteiger partial charge in [0, 0.05) is 0 Å². The van der Waals surface area contributed by atoms with Crippen LogP contribution >= 0.6 is 0 Å². The molecule has 3 heterocycles. The van der Waals surface area contributed by atoms with Gasteiger partial charge in [0.2, 0.25) is 11.7 Å². The van der Waals surface area contributed by atoms with Gasteiger partial charge in [0.25, 0.3) is 11.2 Å². The summed E-state index contributed by atoms with van der Waals surface area (Å²) >= 11 is 0. The van der Waals surface area contributed by atoms with Crippen molar-refractivity contribution < 1.29 is 24.6 Å². The largest absolute Gasteiger partial charge is 0.394 e. The Morgan fingerprint density at radius 2 is 2.05 bits per heavy atom. The molecule has 114 valence electrons. The van der Waals surface area contributed by atoms with E-state index in [1.165, 1.54) is 15.5 Å². The molecular weight excluding hydrogens is 284 g/mol. The number of aryl methyl sites for hydroxylation is 1. The zero-order valence-electron chi connectivity index (χ0n) is 11.1. The summed E-state index contributed by atoms with van der Waals surface area (Å²) in [6.07, 6.45) is -3.09. The molecule has 10 heteroatoms.